The van der Waals surface area contributed by atoms with Gasteiger partial charge in [-0.15, -0.1) is 5.10 Å². The Labute approximate surface area is 148 Å². The second-order valence-corrected chi connectivity index (χ2v) is 6.00. The maximum absolute atomic E-state index is 5.85. The van der Waals surface area contributed by atoms with Crippen LogP contribution in [-0.4, -0.2) is 15.0 Å². The minimum Gasteiger partial charge on any atom is -0.489 e. The fraction of sp³-hybridized carbons (Fsp3) is 0.238. The Morgan fingerprint density at radius 1 is 0.960 bits per heavy atom. The Morgan fingerprint density at radius 2 is 1.72 bits per heavy atom. The van der Waals surface area contributed by atoms with E-state index in [4.69, 9.17) is 4.74 Å². The molecule has 1 aromatic heterocycles. The molecule has 0 spiro atoms. The summed E-state index contributed by atoms with van der Waals surface area (Å²) >= 11 is 0. The number of unbranched alkanes of at least 4 members (excludes halogenated alkanes) is 1. The maximum atomic E-state index is 5.85. The number of aromatic nitrogens is 3. The molecular weight excluding hydrogens is 310 g/mol. The van der Waals surface area contributed by atoms with E-state index in [-0.39, 0.29) is 0 Å². The molecule has 0 aliphatic carbocycles. The molecule has 0 atom stereocenters. The minimum absolute atomic E-state index is 0.578. The standard InChI is InChI=1S/C21H23N3O/c1-2-18-6-8-20(9-7-18)17-25-21-12-10-19(11-13-21)5-3-4-15-24-16-14-22-23-24/h2,6-14,16H,1,3-5,15,17H2. The zero-order chi connectivity index (χ0) is 17.3. The Kier molecular flexibility index (Phi) is 5.99. The molecular formula is C21H23N3O. The number of hydrogen-bond acceptors (Lipinski definition) is 3. The fourth-order valence-electron chi connectivity index (χ4n) is 2.62. The van der Waals surface area contributed by atoms with Crippen molar-refractivity contribution in [3.8, 4) is 5.75 Å². The molecule has 0 amide bonds. The molecule has 0 aliphatic rings. The van der Waals surface area contributed by atoms with Crippen molar-refractivity contribution < 1.29 is 4.74 Å². The van der Waals surface area contributed by atoms with Crippen LogP contribution in [0.2, 0.25) is 0 Å². The lowest BCUT2D eigenvalue weighted by Crippen LogP contribution is -1.99. The van der Waals surface area contributed by atoms with Gasteiger partial charge in [0.25, 0.3) is 0 Å². The largest absolute Gasteiger partial charge is 0.489 e. The van der Waals surface area contributed by atoms with Crippen LogP contribution in [-0.2, 0) is 19.6 Å². The lowest BCUT2D eigenvalue weighted by Gasteiger charge is -2.08. The number of ether oxygens (including phenoxy) is 1. The molecule has 128 valence electrons. The highest BCUT2D eigenvalue weighted by Gasteiger charge is 1.99. The summed E-state index contributed by atoms with van der Waals surface area (Å²) in [4.78, 5) is 0. The van der Waals surface area contributed by atoms with Gasteiger partial charge in [0, 0.05) is 12.7 Å². The first-order valence-electron chi connectivity index (χ1n) is 8.61. The van der Waals surface area contributed by atoms with Crippen LogP contribution in [0.25, 0.3) is 6.08 Å². The molecule has 0 saturated heterocycles. The number of benzene rings is 2. The quantitative estimate of drug-likeness (QED) is 0.540. The van der Waals surface area contributed by atoms with Crippen LogP contribution in [0.15, 0.2) is 67.5 Å². The average molecular weight is 333 g/mol. The van der Waals surface area contributed by atoms with Gasteiger partial charge in [-0.05, 0) is 48.1 Å². The SMILES string of the molecule is C=Cc1ccc(COc2ccc(CCCCn3ccnn3)cc2)cc1. The summed E-state index contributed by atoms with van der Waals surface area (Å²) in [6, 6.07) is 16.6. The highest BCUT2D eigenvalue weighted by molar-refractivity contribution is 5.47. The van der Waals surface area contributed by atoms with Crippen molar-refractivity contribution in [2.75, 3.05) is 0 Å². The Hall–Kier alpha value is -2.88. The van der Waals surface area contributed by atoms with Crippen LogP contribution in [0.1, 0.15) is 29.5 Å². The minimum atomic E-state index is 0.578. The molecule has 0 aliphatic heterocycles. The average Bonchev–Trinajstić information content (AvgIpc) is 3.18. The van der Waals surface area contributed by atoms with Gasteiger partial charge in [0.1, 0.15) is 12.4 Å². The number of rotatable bonds is 9. The molecule has 0 saturated carbocycles. The van der Waals surface area contributed by atoms with Gasteiger partial charge in [0.15, 0.2) is 0 Å². The summed E-state index contributed by atoms with van der Waals surface area (Å²) in [7, 11) is 0. The normalized spacial score (nSPS) is 10.6. The predicted molar refractivity (Wildman–Crippen MR) is 100 cm³/mol. The highest BCUT2D eigenvalue weighted by atomic mass is 16.5. The maximum Gasteiger partial charge on any atom is 0.119 e. The third-order valence-electron chi connectivity index (χ3n) is 4.12. The van der Waals surface area contributed by atoms with Crippen molar-refractivity contribution in [3.63, 3.8) is 0 Å². The van der Waals surface area contributed by atoms with E-state index >= 15 is 0 Å². The van der Waals surface area contributed by atoms with E-state index in [0.29, 0.717) is 6.61 Å². The predicted octanol–water partition coefficient (Wildman–Crippen LogP) is 4.52. The molecule has 2 aromatic carbocycles. The van der Waals surface area contributed by atoms with Gasteiger partial charge in [-0.2, -0.15) is 0 Å². The van der Waals surface area contributed by atoms with Crippen LogP contribution in [0.3, 0.4) is 0 Å². The van der Waals surface area contributed by atoms with Crippen molar-refractivity contribution >= 4 is 6.08 Å². The summed E-state index contributed by atoms with van der Waals surface area (Å²) in [5, 5.41) is 7.78. The Bertz CT molecular complexity index is 762. The molecule has 0 N–H and O–H groups in total. The van der Waals surface area contributed by atoms with E-state index < -0.39 is 0 Å². The van der Waals surface area contributed by atoms with Gasteiger partial charge < -0.3 is 4.74 Å². The molecule has 0 bridgehead atoms. The van der Waals surface area contributed by atoms with Crippen molar-refractivity contribution in [2.45, 2.75) is 32.4 Å². The number of nitrogens with zero attached hydrogens (tertiary/aromatic N) is 3. The van der Waals surface area contributed by atoms with Crippen LogP contribution >= 0.6 is 0 Å². The van der Waals surface area contributed by atoms with Gasteiger partial charge in [0.2, 0.25) is 0 Å². The van der Waals surface area contributed by atoms with Crippen molar-refractivity contribution in [1.82, 2.24) is 15.0 Å². The third kappa shape index (κ3) is 5.31. The van der Waals surface area contributed by atoms with Crippen LogP contribution in [0, 0.1) is 0 Å². The first-order valence-corrected chi connectivity index (χ1v) is 8.61. The summed E-state index contributed by atoms with van der Waals surface area (Å²) in [5.41, 5.74) is 3.61. The van der Waals surface area contributed by atoms with Gasteiger partial charge in [-0.1, -0.05) is 54.3 Å². The molecule has 0 radical (unpaired) electrons. The second-order valence-electron chi connectivity index (χ2n) is 6.00. The van der Waals surface area contributed by atoms with E-state index in [1.54, 1.807) is 6.20 Å². The molecule has 25 heavy (non-hydrogen) atoms. The summed E-state index contributed by atoms with van der Waals surface area (Å²) in [5.74, 6) is 0.902. The fourth-order valence-corrected chi connectivity index (χ4v) is 2.62. The molecule has 4 nitrogen and oxygen atoms in total. The van der Waals surface area contributed by atoms with Crippen LogP contribution in [0.4, 0.5) is 0 Å². The Morgan fingerprint density at radius 3 is 2.40 bits per heavy atom. The van der Waals surface area contributed by atoms with Crippen molar-refractivity contribution in [2.24, 2.45) is 0 Å². The lowest BCUT2D eigenvalue weighted by molar-refractivity contribution is 0.306. The molecule has 0 fully saturated rings. The van der Waals surface area contributed by atoms with E-state index in [2.05, 4.69) is 41.2 Å². The molecule has 1 heterocycles. The summed E-state index contributed by atoms with van der Waals surface area (Å²) in [6.07, 6.45) is 8.76. The molecule has 4 heteroatoms. The van der Waals surface area contributed by atoms with E-state index in [9.17, 15) is 0 Å². The van der Waals surface area contributed by atoms with E-state index in [0.717, 1.165) is 42.7 Å². The van der Waals surface area contributed by atoms with Gasteiger partial charge >= 0.3 is 0 Å². The van der Waals surface area contributed by atoms with Gasteiger partial charge in [-0.25, -0.2) is 0 Å². The van der Waals surface area contributed by atoms with Crippen molar-refractivity contribution in [1.29, 1.82) is 0 Å². The van der Waals surface area contributed by atoms with Gasteiger partial charge in [0.05, 0.1) is 6.20 Å². The first kappa shape index (κ1) is 17.0. The second kappa shape index (κ2) is 8.83. The third-order valence-corrected chi connectivity index (χ3v) is 4.12. The topological polar surface area (TPSA) is 39.9 Å². The van der Waals surface area contributed by atoms with E-state index in [1.165, 1.54) is 5.56 Å². The lowest BCUT2D eigenvalue weighted by atomic mass is 10.1. The number of aryl methyl sites for hydroxylation is 2. The molecule has 0 unspecified atom stereocenters. The zero-order valence-electron chi connectivity index (χ0n) is 14.3. The number of hydrogen-bond donors (Lipinski definition) is 0. The monoisotopic (exact) mass is 333 g/mol. The van der Waals surface area contributed by atoms with E-state index in [1.807, 2.05) is 41.2 Å². The smallest absolute Gasteiger partial charge is 0.119 e. The van der Waals surface area contributed by atoms with Crippen LogP contribution in [0.5, 0.6) is 5.75 Å². The molecule has 3 aromatic rings. The van der Waals surface area contributed by atoms with Gasteiger partial charge in [-0.3, -0.25) is 4.68 Å². The zero-order valence-corrected chi connectivity index (χ0v) is 14.3. The summed E-state index contributed by atoms with van der Waals surface area (Å²) in [6.45, 7) is 5.26. The highest BCUT2D eigenvalue weighted by Crippen LogP contribution is 2.16. The Balaban J connectivity index is 1.41. The molecule has 3 rings (SSSR count). The van der Waals surface area contributed by atoms with Crippen molar-refractivity contribution in [3.05, 3.63) is 84.2 Å². The first-order chi connectivity index (χ1) is 12.3. The summed E-state index contributed by atoms with van der Waals surface area (Å²) < 4.78 is 7.72. The van der Waals surface area contributed by atoms with Crippen LogP contribution < -0.4 is 4.74 Å².